The van der Waals surface area contributed by atoms with E-state index in [1.807, 2.05) is 11.3 Å². The average Bonchev–Trinajstić information content (AvgIpc) is 2.73. The fourth-order valence-corrected chi connectivity index (χ4v) is 3.64. The van der Waals surface area contributed by atoms with Gasteiger partial charge in [-0.2, -0.15) is 0 Å². The van der Waals surface area contributed by atoms with Crippen LogP contribution in [-0.2, 0) is 11.2 Å². The molecule has 0 amide bonds. The molecule has 0 bridgehead atoms. The van der Waals surface area contributed by atoms with Crippen molar-refractivity contribution in [1.29, 1.82) is 0 Å². The maximum absolute atomic E-state index is 6.10. The zero-order valence-corrected chi connectivity index (χ0v) is 11.0. The maximum Gasteiger partial charge on any atom is 0.0835 e. The van der Waals surface area contributed by atoms with E-state index in [9.17, 15) is 0 Å². The average molecular weight is 239 g/mol. The van der Waals surface area contributed by atoms with Crippen LogP contribution in [0.4, 0.5) is 0 Å². The zero-order valence-electron chi connectivity index (χ0n) is 10.2. The smallest absolute Gasteiger partial charge is 0.0835 e. The van der Waals surface area contributed by atoms with Crippen LogP contribution >= 0.6 is 11.3 Å². The number of thiophene rings is 1. The van der Waals surface area contributed by atoms with Gasteiger partial charge in [-0.25, -0.2) is 0 Å². The van der Waals surface area contributed by atoms with Gasteiger partial charge in [0.25, 0.3) is 0 Å². The Bertz CT molecular complexity index is 348. The molecule has 90 valence electrons. The molecule has 3 heteroatoms. The van der Waals surface area contributed by atoms with Gasteiger partial charge in [0.05, 0.1) is 6.10 Å². The van der Waals surface area contributed by atoms with Gasteiger partial charge in [0, 0.05) is 22.4 Å². The first-order valence-electron chi connectivity index (χ1n) is 6.25. The first-order chi connectivity index (χ1) is 7.76. The summed E-state index contributed by atoms with van der Waals surface area (Å²) in [6, 6.07) is 2.49. The summed E-state index contributed by atoms with van der Waals surface area (Å²) >= 11 is 1.89. The van der Waals surface area contributed by atoms with Crippen LogP contribution in [0, 0.1) is 0 Å². The number of nitrogens with two attached hydrogens (primary N) is 1. The second-order valence-electron chi connectivity index (χ2n) is 4.38. The van der Waals surface area contributed by atoms with E-state index >= 15 is 0 Å². The predicted molar refractivity (Wildman–Crippen MR) is 68.8 cm³/mol. The molecule has 0 aliphatic heterocycles. The third-order valence-electron chi connectivity index (χ3n) is 3.25. The number of ether oxygens (including phenoxy) is 1. The van der Waals surface area contributed by atoms with Gasteiger partial charge < -0.3 is 10.5 Å². The Hall–Kier alpha value is -0.380. The number of rotatable bonds is 4. The monoisotopic (exact) mass is 239 g/mol. The molecule has 0 spiro atoms. The minimum Gasteiger partial charge on any atom is -0.374 e. The lowest BCUT2D eigenvalue weighted by Crippen LogP contribution is -2.10. The van der Waals surface area contributed by atoms with Crippen molar-refractivity contribution in [3.8, 4) is 0 Å². The van der Waals surface area contributed by atoms with Gasteiger partial charge in [-0.1, -0.05) is 6.92 Å². The van der Waals surface area contributed by atoms with Gasteiger partial charge in [-0.15, -0.1) is 11.3 Å². The van der Waals surface area contributed by atoms with Crippen LogP contribution in [0.25, 0.3) is 0 Å². The standard InChI is InChI=1S/C13H21NOS/c1-3-10(14)13-8-9-11(15-4-2)6-5-7-12(9)16-13/h8,10-11H,3-7,14H2,1-2H3. The second-order valence-corrected chi connectivity index (χ2v) is 5.55. The van der Waals surface area contributed by atoms with Crippen LogP contribution in [0.2, 0.25) is 0 Å². The third-order valence-corrected chi connectivity index (χ3v) is 4.59. The highest BCUT2D eigenvalue weighted by molar-refractivity contribution is 7.12. The van der Waals surface area contributed by atoms with Gasteiger partial charge in [0.2, 0.25) is 0 Å². The largest absolute Gasteiger partial charge is 0.374 e. The molecule has 0 saturated carbocycles. The summed E-state index contributed by atoms with van der Waals surface area (Å²) in [5.41, 5.74) is 7.51. The number of hydrogen-bond donors (Lipinski definition) is 1. The van der Waals surface area contributed by atoms with Crippen molar-refractivity contribution >= 4 is 11.3 Å². The Balaban J connectivity index is 2.23. The zero-order chi connectivity index (χ0) is 11.5. The summed E-state index contributed by atoms with van der Waals surface area (Å²) in [4.78, 5) is 2.84. The van der Waals surface area contributed by atoms with E-state index in [0.29, 0.717) is 6.10 Å². The molecular weight excluding hydrogens is 218 g/mol. The minimum absolute atomic E-state index is 0.206. The summed E-state index contributed by atoms with van der Waals surface area (Å²) in [7, 11) is 0. The molecular formula is C13H21NOS. The lowest BCUT2D eigenvalue weighted by Gasteiger charge is -2.22. The Labute approximate surface area is 102 Å². The van der Waals surface area contributed by atoms with Crippen LogP contribution in [0.3, 0.4) is 0 Å². The molecule has 0 fully saturated rings. The lowest BCUT2D eigenvalue weighted by molar-refractivity contribution is 0.0506. The van der Waals surface area contributed by atoms with Gasteiger partial charge in [-0.05, 0) is 44.2 Å². The van der Waals surface area contributed by atoms with Crippen LogP contribution < -0.4 is 5.73 Å². The van der Waals surface area contributed by atoms with Gasteiger partial charge in [-0.3, -0.25) is 0 Å². The summed E-state index contributed by atoms with van der Waals surface area (Å²) in [5, 5.41) is 0. The number of fused-ring (bicyclic) bond motifs is 1. The Morgan fingerprint density at radius 2 is 2.38 bits per heavy atom. The van der Waals surface area contributed by atoms with E-state index < -0.39 is 0 Å². The minimum atomic E-state index is 0.206. The molecule has 0 saturated heterocycles. The molecule has 0 radical (unpaired) electrons. The van der Waals surface area contributed by atoms with E-state index in [0.717, 1.165) is 13.0 Å². The molecule has 1 aliphatic carbocycles. The molecule has 1 aromatic rings. The van der Waals surface area contributed by atoms with E-state index in [2.05, 4.69) is 19.9 Å². The fraction of sp³-hybridized carbons (Fsp3) is 0.692. The topological polar surface area (TPSA) is 35.2 Å². The highest BCUT2D eigenvalue weighted by Gasteiger charge is 2.24. The number of hydrogen-bond acceptors (Lipinski definition) is 3. The second kappa shape index (κ2) is 5.30. The maximum atomic E-state index is 6.10. The van der Waals surface area contributed by atoms with E-state index in [-0.39, 0.29) is 6.04 Å². The van der Waals surface area contributed by atoms with Gasteiger partial charge >= 0.3 is 0 Å². The van der Waals surface area contributed by atoms with Crippen molar-refractivity contribution in [2.75, 3.05) is 6.61 Å². The molecule has 1 heterocycles. The van der Waals surface area contributed by atoms with E-state index in [1.165, 1.54) is 34.6 Å². The summed E-state index contributed by atoms with van der Waals surface area (Å²) in [6.07, 6.45) is 4.96. The molecule has 0 aromatic carbocycles. The van der Waals surface area contributed by atoms with Crippen molar-refractivity contribution in [2.45, 2.75) is 51.7 Å². The number of aryl methyl sites for hydroxylation is 1. The Morgan fingerprint density at radius 1 is 1.56 bits per heavy atom. The Kier molecular flexibility index (Phi) is 4.00. The van der Waals surface area contributed by atoms with E-state index in [1.54, 1.807) is 0 Å². The highest BCUT2D eigenvalue weighted by atomic mass is 32.1. The van der Waals surface area contributed by atoms with Crippen molar-refractivity contribution in [2.24, 2.45) is 5.73 Å². The quantitative estimate of drug-likeness (QED) is 0.871. The highest BCUT2D eigenvalue weighted by Crippen LogP contribution is 2.39. The molecule has 1 aliphatic rings. The normalized spacial score (nSPS) is 21.8. The fourth-order valence-electron chi connectivity index (χ4n) is 2.29. The summed E-state index contributed by atoms with van der Waals surface area (Å²) in [5.74, 6) is 0. The van der Waals surface area contributed by atoms with Crippen LogP contribution in [0.5, 0.6) is 0 Å². The van der Waals surface area contributed by atoms with Crippen LogP contribution in [-0.4, -0.2) is 6.61 Å². The first kappa shape index (κ1) is 12.1. The molecule has 2 atom stereocenters. The summed E-state index contributed by atoms with van der Waals surface area (Å²) < 4.78 is 5.80. The van der Waals surface area contributed by atoms with Gasteiger partial charge in [0.1, 0.15) is 0 Å². The van der Waals surface area contributed by atoms with Gasteiger partial charge in [0.15, 0.2) is 0 Å². The van der Waals surface area contributed by atoms with Crippen molar-refractivity contribution < 1.29 is 4.74 Å². The molecule has 1 aromatic heterocycles. The SMILES string of the molecule is CCOC1CCCc2sc(C(N)CC)cc21. The molecule has 2 rings (SSSR count). The summed E-state index contributed by atoms with van der Waals surface area (Å²) in [6.45, 7) is 5.01. The third kappa shape index (κ3) is 2.31. The van der Waals surface area contributed by atoms with E-state index in [4.69, 9.17) is 10.5 Å². The molecule has 2 unspecified atom stereocenters. The molecule has 16 heavy (non-hydrogen) atoms. The van der Waals surface area contributed by atoms with Crippen molar-refractivity contribution in [3.05, 3.63) is 21.4 Å². The molecule has 2 N–H and O–H groups in total. The predicted octanol–water partition coefficient (Wildman–Crippen LogP) is 3.57. The van der Waals surface area contributed by atoms with Crippen LogP contribution in [0.15, 0.2) is 6.07 Å². The molecule has 2 nitrogen and oxygen atoms in total. The van der Waals surface area contributed by atoms with Crippen molar-refractivity contribution in [1.82, 2.24) is 0 Å². The van der Waals surface area contributed by atoms with Crippen molar-refractivity contribution in [3.63, 3.8) is 0 Å². The van der Waals surface area contributed by atoms with Crippen LogP contribution in [0.1, 0.15) is 60.6 Å². The Morgan fingerprint density at radius 3 is 3.06 bits per heavy atom. The first-order valence-corrected chi connectivity index (χ1v) is 7.07. The lowest BCUT2D eigenvalue weighted by atomic mass is 9.95.